The lowest BCUT2D eigenvalue weighted by Gasteiger charge is -2.35. The summed E-state index contributed by atoms with van der Waals surface area (Å²) in [6.45, 7) is 9.65. The van der Waals surface area contributed by atoms with Gasteiger partial charge in [0.25, 0.3) is 0 Å². The van der Waals surface area contributed by atoms with Crippen LogP contribution in [0.15, 0.2) is 4.47 Å². The van der Waals surface area contributed by atoms with Crippen molar-refractivity contribution in [3.05, 3.63) is 10.2 Å². The maximum absolute atomic E-state index is 5.47. The number of anilines is 1. The van der Waals surface area contributed by atoms with Crippen LogP contribution < -0.4 is 5.32 Å². The number of hydrogen-bond acceptors (Lipinski definition) is 3. The third-order valence-electron chi connectivity index (χ3n) is 4.49. The number of fused-ring (bicyclic) bond motifs is 1. The van der Waals surface area contributed by atoms with Crippen molar-refractivity contribution in [3.8, 4) is 0 Å². The molecule has 1 atom stereocenters. The van der Waals surface area contributed by atoms with E-state index in [1.807, 2.05) is 0 Å². The molecule has 2 aliphatic rings. The third kappa shape index (κ3) is 2.50. The van der Waals surface area contributed by atoms with E-state index < -0.39 is 0 Å². The molecule has 1 N–H and O–H groups in total. The molecule has 1 unspecified atom stereocenters. The van der Waals surface area contributed by atoms with E-state index in [-0.39, 0.29) is 5.41 Å². The second-order valence-corrected chi connectivity index (χ2v) is 7.77. The molecule has 1 fully saturated rings. The Morgan fingerprint density at radius 1 is 1.25 bits per heavy atom. The van der Waals surface area contributed by atoms with E-state index >= 15 is 0 Å². The van der Waals surface area contributed by atoms with Gasteiger partial charge in [-0.1, -0.05) is 20.8 Å². The van der Waals surface area contributed by atoms with E-state index in [9.17, 15) is 0 Å². The number of hydrogen-bond donors (Lipinski definition) is 1. The quantitative estimate of drug-likeness (QED) is 0.840. The number of aromatic nitrogens is 2. The van der Waals surface area contributed by atoms with E-state index in [0.717, 1.165) is 44.8 Å². The molecule has 0 saturated carbocycles. The van der Waals surface area contributed by atoms with Crippen LogP contribution in [0.4, 0.5) is 5.82 Å². The van der Waals surface area contributed by atoms with E-state index in [2.05, 4.69) is 46.7 Å². The van der Waals surface area contributed by atoms with Gasteiger partial charge in [-0.05, 0) is 40.6 Å². The molecule has 20 heavy (non-hydrogen) atoms. The fraction of sp³-hybridized carbons (Fsp3) is 0.800. The number of ether oxygens (including phenoxy) is 1. The van der Waals surface area contributed by atoms with Crippen LogP contribution in [-0.4, -0.2) is 29.5 Å². The van der Waals surface area contributed by atoms with Crippen LogP contribution in [0, 0.1) is 5.41 Å². The fourth-order valence-corrected chi connectivity index (χ4v) is 4.02. The lowest BCUT2D eigenvalue weighted by Crippen LogP contribution is -2.32. The number of nitrogens with one attached hydrogen (secondary N) is 1. The third-order valence-corrected chi connectivity index (χ3v) is 5.27. The molecule has 0 aromatic carbocycles. The van der Waals surface area contributed by atoms with Crippen molar-refractivity contribution in [1.29, 1.82) is 0 Å². The van der Waals surface area contributed by atoms with Crippen LogP contribution in [0.3, 0.4) is 0 Å². The molecule has 1 aromatic heterocycles. The zero-order chi connectivity index (χ0) is 14.3. The van der Waals surface area contributed by atoms with E-state index in [0.29, 0.717) is 12.0 Å². The SMILES string of the molecule is CC(C)(C)C1CCNc2c(Br)c(C3CCOCC3)nn21. The topological polar surface area (TPSA) is 39.1 Å². The summed E-state index contributed by atoms with van der Waals surface area (Å²) in [7, 11) is 0. The zero-order valence-electron chi connectivity index (χ0n) is 12.6. The Morgan fingerprint density at radius 3 is 2.60 bits per heavy atom. The van der Waals surface area contributed by atoms with Crippen LogP contribution in [-0.2, 0) is 4.74 Å². The average Bonchev–Trinajstić information content (AvgIpc) is 2.76. The smallest absolute Gasteiger partial charge is 0.139 e. The minimum Gasteiger partial charge on any atom is -0.381 e. The standard InChI is InChI=1S/C15H24BrN3O/c1-15(2,3)11-4-7-17-14-12(16)13(18-19(11)14)10-5-8-20-9-6-10/h10-11,17H,4-9H2,1-3H3. The molecule has 3 heterocycles. The van der Waals surface area contributed by atoms with Crippen molar-refractivity contribution < 1.29 is 4.74 Å². The summed E-state index contributed by atoms with van der Waals surface area (Å²) in [6, 6.07) is 0.462. The van der Waals surface area contributed by atoms with Crippen LogP contribution in [0.1, 0.15) is 57.7 Å². The van der Waals surface area contributed by atoms with E-state index in [1.165, 1.54) is 10.2 Å². The lowest BCUT2D eigenvalue weighted by molar-refractivity contribution is 0.0839. The molecule has 0 aliphatic carbocycles. The predicted molar refractivity (Wildman–Crippen MR) is 84.3 cm³/mol. The minimum absolute atomic E-state index is 0.231. The Labute approximate surface area is 129 Å². The van der Waals surface area contributed by atoms with Gasteiger partial charge in [0.05, 0.1) is 16.2 Å². The van der Waals surface area contributed by atoms with Gasteiger partial charge in [0.15, 0.2) is 0 Å². The molecule has 1 saturated heterocycles. The zero-order valence-corrected chi connectivity index (χ0v) is 14.2. The van der Waals surface area contributed by atoms with Crippen LogP contribution in [0.5, 0.6) is 0 Å². The number of rotatable bonds is 1. The van der Waals surface area contributed by atoms with Crippen molar-refractivity contribution >= 4 is 21.7 Å². The monoisotopic (exact) mass is 341 g/mol. The second kappa shape index (κ2) is 5.34. The Balaban J connectivity index is 1.97. The summed E-state index contributed by atoms with van der Waals surface area (Å²) in [5.74, 6) is 1.69. The maximum Gasteiger partial charge on any atom is 0.139 e. The van der Waals surface area contributed by atoms with Crippen molar-refractivity contribution in [2.75, 3.05) is 25.1 Å². The van der Waals surface area contributed by atoms with Gasteiger partial charge in [-0.25, -0.2) is 4.68 Å². The molecular weight excluding hydrogens is 318 g/mol. The van der Waals surface area contributed by atoms with E-state index in [1.54, 1.807) is 0 Å². The van der Waals surface area contributed by atoms with Crippen molar-refractivity contribution in [3.63, 3.8) is 0 Å². The Bertz CT molecular complexity index is 486. The van der Waals surface area contributed by atoms with E-state index in [4.69, 9.17) is 9.84 Å². The highest BCUT2D eigenvalue weighted by Gasteiger charge is 2.34. The highest BCUT2D eigenvalue weighted by atomic mass is 79.9. The van der Waals surface area contributed by atoms with Gasteiger partial charge in [0.1, 0.15) is 5.82 Å². The molecule has 0 radical (unpaired) electrons. The van der Waals surface area contributed by atoms with Gasteiger partial charge in [-0.3, -0.25) is 0 Å². The summed E-state index contributed by atoms with van der Waals surface area (Å²) in [4.78, 5) is 0. The highest BCUT2D eigenvalue weighted by Crippen LogP contribution is 2.43. The summed E-state index contributed by atoms with van der Waals surface area (Å²) < 4.78 is 8.86. The fourth-order valence-electron chi connectivity index (χ4n) is 3.30. The predicted octanol–water partition coefficient (Wildman–Crippen LogP) is 3.94. The van der Waals surface area contributed by atoms with Crippen LogP contribution >= 0.6 is 15.9 Å². The molecule has 0 bridgehead atoms. The first kappa shape index (κ1) is 14.4. The average molecular weight is 342 g/mol. The molecule has 1 aromatic rings. The Hall–Kier alpha value is -0.550. The molecule has 5 heteroatoms. The number of halogens is 1. The molecule has 2 aliphatic heterocycles. The second-order valence-electron chi connectivity index (χ2n) is 6.98. The molecular formula is C15H24BrN3O. The first-order valence-corrected chi connectivity index (χ1v) is 8.37. The summed E-state index contributed by atoms with van der Waals surface area (Å²) >= 11 is 3.78. The Kier molecular flexibility index (Phi) is 3.84. The van der Waals surface area contributed by atoms with Gasteiger partial charge in [-0.15, -0.1) is 0 Å². The normalized spacial score (nSPS) is 24.3. The first-order valence-electron chi connectivity index (χ1n) is 7.58. The maximum atomic E-state index is 5.47. The van der Waals surface area contributed by atoms with Crippen LogP contribution in [0.25, 0.3) is 0 Å². The molecule has 0 spiro atoms. The summed E-state index contributed by atoms with van der Waals surface area (Å²) in [5, 5.41) is 8.49. The molecule has 0 amide bonds. The number of nitrogens with zero attached hydrogens (tertiary/aromatic N) is 2. The summed E-state index contributed by atoms with van der Waals surface area (Å²) in [6.07, 6.45) is 3.29. The van der Waals surface area contributed by atoms with Gasteiger partial charge in [-0.2, -0.15) is 5.10 Å². The van der Waals surface area contributed by atoms with Gasteiger partial charge in [0.2, 0.25) is 0 Å². The van der Waals surface area contributed by atoms with Gasteiger partial charge >= 0.3 is 0 Å². The highest BCUT2D eigenvalue weighted by molar-refractivity contribution is 9.10. The summed E-state index contributed by atoms with van der Waals surface area (Å²) in [5.41, 5.74) is 1.45. The molecule has 4 nitrogen and oxygen atoms in total. The largest absolute Gasteiger partial charge is 0.381 e. The van der Waals surface area contributed by atoms with Gasteiger partial charge < -0.3 is 10.1 Å². The van der Waals surface area contributed by atoms with Crippen LogP contribution in [0.2, 0.25) is 0 Å². The lowest BCUT2D eigenvalue weighted by atomic mass is 9.84. The first-order chi connectivity index (χ1) is 9.48. The Morgan fingerprint density at radius 2 is 1.95 bits per heavy atom. The molecule has 3 rings (SSSR count). The molecule has 112 valence electrons. The van der Waals surface area contributed by atoms with Crippen molar-refractivity contribution in [2.45, 2.75) is 52.0 Å². The van der Waals surface area contributed by atoms with Gasteiger partial charge in [0, 0.05) is 25.7 Å². The van der Waals surface area contributed by atoms with Crippen molar-refractivity contribution in [2.24, 2.45) is 5.41 Å². The van der Waals surface area contributed by atoms with Crippen molar-refractivity contribution in [1.82, 2.24) is 9.78 Å². The minimum atomic E-state index is 0.231.